The fraction of sp³-hybridized carbons (Fsp3) is 0.0952. The number of benzene rings is 2. The van der Waals surface area contributed by atoms with Crippen molar-refractivity contribution in [2.24, 2.45) is 0 Å². The van der Waals surface area contributed by atoms with Crippen molar-refractivity contribution in [3.63, 3.8) is 0 Å². The summed E-state index contributed by atoms with van der Waals surface area (Å²) in [5.41, 5.74) is 0.917. The molecule has 2 aromatic carbocycles. The number of para-hydroxylation sites is 1. The minimum atomic E-state index is -0.460. The van der Waals surface area contributed by atoms with Crippen LogP contribution in [0.3, 0.4) is 0 Å². The van der Waals surface area contributed by atoms with E-state index in [9.17, 15) is 14.9 Å². The maximum absolute atomic E-state index is 12.6. The highest BCUT2D eigenvalue weighted by atomic mass is 32.2. The summed E-state index contributed by atoms with van der Waals surface area (Å²) in [6.45, 7) is -0.292. The summed E-state index contributed by atoms with van der Waals surface area (Å²) in [6, 6.07) is 17.7. The lowest BCUT2D eigenvalue weighted by atomic mass is 10.2. The summed E-state index contributed by atoms with van der Waals surface area (Å²) in [5, 5.41) is 10.9. The molecule has 1 aromatic heterocycles. The lowest BCUT2D eigenvalue weighted by molar-refractivity contribution is -0.117. The first-order valence-electron chi connectivity index (χ1n) is 8.42. The summed E-state index contributed by atoms with van der Waals surface area (Å²) in [5.74, 6) is -0.0347. The van der Waals surface area contributed by atoms with Gasteiger partial charge in [-0.2, -0.15) is 5.26 Å². The average Bonchev–Trinajstić information content (AvgIpc) is 3.03. The number of Topliss-reactive ketones (excluding diaryl/α,β-unsaturated/α-hetero) is 1. The summed E-state index contributed by atoms with van der Waals surface area (Å²) < 4.78 is 10.7. The first-order valence-corrected chi connectivity index (χ1v) is 9.23. The van der Waals surface area contributed by atoms with Crippen molar-refractivity contribution in [3.05, 3.63) is 75.6 Å². The minimum absolute atomic E-state index is 0.0519. The molecule has 0 spiro atoms. The van der Waals surface area contributed by atoms with Gasteiger partial charge in [-0.05, 0) is 30.3 Å². The molecule has 0 saturated carbocycles. The quantitative estimate of drug-likeness (QED) is 0.381. The number of anilines is 1. The Hall–Kier alpha value is -3.50. The van der Waals surface area contributed by atoms with E-state index in [1.807, 2.05) is 42.3 Å². The highest BCUT2D eigenvalue weighted by Crippen LogP contribution is 2.46. The van der Waals surface area contributed by atoms with Crippen LogP contribution in [0.25, 0.3) is 11.0 Å². The van der Waals surface area contributed by atoms with Gasteiger partial charge in [-0.3, -0.25) is 4.79 Å². The second kappa shape index (κ2) is 7.25. The summed E-state index contributed by atoms with van der Waals surface area (Å²) in [4.78, 5) is 26.8. The van der Waals surface area contributed by atoms with E-state index >= 15 is 0 Å². The first kappa shape index (κ1) is 17.9. The molecular formula is C21H14N2O4S. The monoisotopic (exact) mass is 390 g/mol. The van der Waals surface area contributed by atoms with Crippen LogP contribution >= 0.6 is 11.8 Å². The summed E-state index contributed by atoms with van der Waals surface area (Å²) in [7, 11) is 1.82. The van der Waals surface area contributed by atoms with Gasteiger partial charge >= 0.3 is 5.63 Å². The number of hydrogen-bond acceptors (Lipinski definition) is 7. The Morgan fingerprint density at radius 3 is 2.79 bits per heavy atom. The van der Waals surface area contributed by atoms with Gasteiger partial charge in [-0.25, -0.2) is 4.79 Å². The van der Waals surface area contributed by atoms with Crippen molar-refractivity contribution in [2.45, 2.75) is 4.90 Å². The molecule has 0 fully saturated rings. The van der Waals surface area contributed by atoms with Crippen LogP contribution in [0.5, 0.6) is 5.75 Å². The van der Waals surface area contributed by atoms with Crippen molar-refractivity contribution in [2.75, 3.05) is 18.6 Å². The third-order valence-corrected chi connectivity index (χ3v) is 5.54. The van der Waals surface area contributed by atoms with Crippen LogP contribution in [0.2, 0.25) is 0 Å². The maximum atomic E-state index is 12.6. The molecule has 1 aliphatic rings. The molecule has 4 rings (SSSR count). The molecule has 2 heterocycles. The third kappa shape index (κ3) is 3.26. The number of nitrogens with zero attached hydrogens (tertiary/aromatic N) is 2. The van der Waals surface area contributed by atoms with Gasteiger partial charge in [0, 0.05) is 29.5 Å². The van der Waals surface area contributed by atoms with E-state index in [-0.39, 0.29) is 12.2 Å². The lowest BCUT2D eigenvalue weighted by Gasteiger charge is -2.14. The molecule has 6 nitrogen and oxygen atoms in total. The van der Waals surface area contributed by atoms with Gasteiger partial charge in [-0.1, -0.05) is 23.9 Å². The third-order valence-electron chi connectivity index (χ3n) is 4.31. The molecule has 1 aliphatic heterocycles. The van der Waals surface area contributed by atoms with Gasteiger partial charge < -0.3 is 14.1 Å². The molecule has 0 radical (unpaired) electrons. The number of hydrogen-bond donors (Lipinski definition) is 0. The van der Waals surface area contributed by atoms with E-state index in [2.05, 4.69) is 0 Å². The zero-order valence-corrected chi connectivity index (χ0v) is 15.7. The molecular weight excluding hydrogens is 376 g/mol. The molecule has 0 atom stereocenters. The van der Waals surface area contributed by atoms with Crippen molar-refractivity contribution in [1.29, 1.82) is 5.26 Å². The van der Waals surface area contributed by atoms with Gasteiger partial charge in [0.15, 0.2) is 6.61 Å². The average molecular weight is 390 g/mol. The van der Waals surface area contributed by atoms with Gasteiger partial charge in [0.2, 0.25) is 5.78 Å². The maximum Gasteiger partial charge on any atom is 0.336 e. The lowest BCUT2D eigenvalue weighted by Crippen LogP contribution is -2.19. The van der Waals surface area contributed by atoms with Crippen LogP contribution in [0.1, 0.15) is 0 Å². The van der Waals surface area contributed by atoms with Crippen LogP contribution in [0, 0.1) is 11.3 Å². The zero-order chi connectivity index (χ0) is 19.7. The van der Waals surface area contributed by atoms with Crippen LogP contribution in [0.15, 0.2) is 79.3 Å². The van der Waals surface area contributed by atoms with Crippen molar-refractivity contribution in [3.8, 4) is 11.8 Å². The van der Waals surface area contributed by atoms with Gasteiger partial charge in [0.05, 0.1) is 5.69 Å². The number of ketones is 1. The zero-order valence-electron chi connectivity index (χ0n) is 14.8. The number of carbonyl (C=O) groups excluding carboxylic acids is 1. The fourth-order valence-electron chi connectivity index (χ4n) is 2.90. The fourth-order valence-corrected chi connectivity index (χ4v) is 4.06. The van der Waals surface area contributed by atoms with Crippen molar-refractivity contribution in [1.82, 2.24) is 0 Å². The number of fused-ring (bicyclic) bond motifs is 2. The minimum Gasteiger partial charge on any atom is -0.485 e. The Morgan fingerprint density at radius 1 is 1.21 bits per heavy atom. The normalized spacial score (nSPS) is 14.5. The molecule has 0 saturated heterocycles. The molecule has 28 heavy (non-hydrogen) atoms. The largest absolute Gasteiger partial charge is 0.485 e. The molecule has 7 heteroatoms. The highest BCUT2D eigenvalue weighted by molar-refractivity contribution is 8.03. The molecule has 3 aromatic rings. The van der Waals surface area contributed by atoms with Gasteiger partial charge in [0.25, 0.3) is 0 Å². The van der Waals surface area contributed by atoms with Gasteiger partial charge in [0.1, 0.15) is 28.0 Å². The first-order chi connectivity index (χ1) is 13.6. The predicted octanol–water partition coefficient (Wildman–Crippen LogP) is 3.72. The van der Waals surface area contributed by atoms with Crippen molar-refractivity contribution >= 4 is 34.2 Å². The number of thioether (sulfide) groups is 1. The Labute approximate surface area is 164 Å². The second-order valence-electron chi connectivity index (χ2n) is 6.09. The molecule has 138 valence electrons. The second-order valence-corrected chi connectivity index (χ2v) is 7.12. The Bertz CT molecular complexity index is 1220. The summed E-state index contributed by atoms with van der Waals surface area (Å²) >= 11 is 1.39. The molecule has 0 amide bonds. The molecule has 0 bridgehead atoms. The van der Waals surface area contributed by atoms with Crippen LogP contribution in [0.4, 0.5) is 5.69 Å². The van der Waals surface area contributed by atoms with Crippen LogP contribution in [-0.4, -0.2) is 19.4 Å². The summed E-state index contributed by atoms with van der Waals surface area (Å²) in [6.07, 6.45) is 0. The molecule has 0 N–H and O–H groups in total. The Kier molecular flexibility index (Phi) is 4.63. The van der Waals surface area contributed by atoms with E-state index < -0.39 is 11.4 Å². The van der Waals surface area contributed by atoms with E-state index in [1.54, 1.807) is 24.3 Å². The van der Waals surface area contributed by atoms with E-state index in [0.717, 1.165) is 16.0 Å². The van der Waals surface area contributed by atoms with Gasteiger partial charge in [-0.15, -0.1) is 0 Å². The molecule has 0 aliphatic carbocycles. The standard InChI is InChI=1S/C21H14N2O4S/c1-23-16-4-2-3-5-19(16)28-21(23)15(11-22)17(24)12-26-14-8-6-13-7-9-20(25)27-18(13)10-14/h2-10H,12H2,1H3/b21-15-. The number of nitriles is 1. The predicted molar refractivity (Wildman–Crippen MR) is 106 cm³/mol. The topological polar surface area (TPSA) is 83.5 Å². The molecule has 0 unspecified atom stereocenters. The number of carbonyl (C=O) groups is 1. The Balaban J connectivity index is 1.55. The number of rotatable bonds is 4. The highest BCUT2D eigenvalue weighted by Gasteiger charge is 2.28. The van der Waals surface area contributed by atoms with E-state index in [4.69, 9.17) is 9.15 Å². The smallest absolute Gasteiger partial charge is 0.336 e. The van der Waals surface area contributed by atoms with Crippen LogP contribution < -0.4 is 15.3 Å². The van der Waals surface area contributed by atoms with Crippen molar-refractivity contribution < 1.29 is 13.9 Å². The van der Waals surface area contributed by atoms with Crippen LogP contribution in [-0.2, 0) is 4.79 Å². The van der Waals surface area contributed by atoms with E-state index in [1.165, 1.54) is 17.8 Å². The number of ether oxygens (including phenoxy) is 1. The Morgan fingerprint density at radius 2 is 2.00 bits per heavy atom. The van der Waals surface area contributed by atoms with E-state index in [0.29, 0.717) is 16.4 Å². The SMILES string of the molecule is CN1/C(=C(\C#N)C(=O)COc2ccc3ccc(=O)oc3c2)Sc2ccccc21.